The van der Waals surface area contributed by atoms with E-state index in [0.717, 1.165) is 11.6 Å². The van der Waals surface area contributed by atoms with Crippen LogP contribution in [0.15, 0.2) is 71.4 Å². The molecule has 0 heterocycles. The minimum atomic E-state index is -3.84. The lowest BCUT2D eigenvalue weighted by atomic mass is 10.2. The van der Waals surface area contributed by atoms with E-state index >= 15 is 0 Å². The van der Waals surface area contributed by atoms with Crippen LogP contribution >= 0.6 is 0 Å². The number of hydrogen-bond acceptors (Lipinski definition) is 4. The van der Waals surface area contributed by atoms with Crippen LogP contribution in [0.25, 0.3) is 0 Å². The van der Waals surface area contributed by atoms with E-state index in [0.29, 0.717) is 0 Å². The van der Waals surface area contributed by atoms with Crippen molar-refractivity contribution >= 4 is 9.84 Å². The van der Waals surface area contributed by atoms with Crippen LogP contribution in [-0.4, -0.2) is 20.7 Å². The summed E-state index contributed by atoms with van der Waals surface area (Å²) in [5, 5.41) is 0. The van der Waals surface area contributed by atoms with Crippen molar-refractivity contribution in [2.45, 2.75) is 11.5 Å². The summed E-state index contributed by atoms with van der Waals surface area (Å²) in [6.45, 7) is 0.183. The molecule has 4 nitrogen and oxygen atoms in total. The number of ether oxygens (including phenoxy) is 1. The number of rotatable bonds is 7. The van der Waals surface area contributed by atoms with Gasteiger partial charge in [0.25, 0.3) is 0 Å². The maximum Gasteiger partial charge on any atom is 0.188 e. The predicted molar refractivity (Wildman–Crippen MR) is 87.5 cm³/mol. The quantitative estimate of drug-likeness (QED) is 0.845. The molecule has 0 spiro atoms. The van der Waals surface area contributed by atoms with E-state index < -0.39 is 21.4 Å². The molecule has 0 amide bonds. The molecule has 2 rings (SSSR count). The fourth-order valence-electron chi connectivity index (χ4n) is 2.01. The van der Waals surface area contributed by atoms with Gasteiger partial charge in [-0.3, -0.25) is 0 Å². The highest BCUT2D eigenvalue weighted by Crippen LogP contribution is 2.26. The molecule has 0 unspecified atom stereocenters. The van der Waals surface area contributed by atoms with Crippen LogP contribution in [0.3, 0.4) is 0 Å². The molecule has 122 valence electrons. The lowest BCUT2D eigenvalue weighted by molar-refractivity contribution is 0.298. The van der Waals surface area contributed by atoms with Crippen molar-refractivity contribution in [2.24, 2.45) is 5.73 Å². The largest absolute Gasteiger partial charge is 0.488 e. The molecule has 0 aliphatic rings. The summed E-state index contributed by atoms with van der Waals surface area (Å²) < 4.78 is 43.8. The Hall–Kier alpha value is -2.18. The van der Waals surface area contributed by atoms with Gasteiger partial charge in [0.1, 0.15) is 28.8 Å². The average Bonchev–Trinajstić information content (AvgIpc) is 2.54. The first kappa shape index (κ1) is 17.2. The summed E-state index contributed by atoms with van der Waals surface area (Å²) >= 11 is 0. The Kier molecular flexibility index (Phi) is 5.90. The number of hydrogen-bond donors (Lipinski definition) is 1. The molecule has 0 bridgehead atoms. The normalized spacial score (nSPS) is 12.2. The second-order valence-corrected chi connectivity index (χ2v) is 6.82. The zero-order valence-electron chi connectivity index (χ0n) is 12.5. The number of benzene rings is 2. The lowest BCUT2D eigenvalue weighted by Gasteiger charge is -2.11. The van der Waals surface area contributed by atoms with Crippen molar-refractivity contribution in [1.29, 1.82) is 0 Å². The van der Waals surface area contributed by atoms with Gasteiger partial charge in [-0.2, -0.15) is 0 Å². The molecule has 0 atom stereocenters. The van der Waals surface area contributed by atoms with Crippen LogP contribution in [0.4, 0.5) is 4.39 Å². The van der Waals surface area contributed by atoms with E-state index in [1.807, 2.05) is 30.3 Å². The van der Waals surface area contributed by atoms with Gasteiger partial charge in [-0.1, -0.05) is 42.5 Å². The van der Waals surface area contributed by atoms with Crippen LogP contribution in [-0.2, 0) is 16.4 Å². The number of sulfone groups is 1. The Labute approximate surface area is 135 Å². The highest BCUT2D eigenvalue weighted by atomic mass is 32.2. The smallest absolute Gasteiger partial charge is 0.188 e. The monoisotopic (exact) mass is 335 g/mol. The van der Waals surface area contributed by atoms with Crippen molar-refractivity contribution in [3.8, 4) is 5.75 Å². The third-order valence-electron chi connectivity index (χ3n) is 3.09. The molecule has 0 radical (unpaired) electrons. The molecule has 2 N–H and O–H groups in total. The first-order valence-corrected chi connectivity index (χ1v) is 8.71. The number of para-hydroxylation sites is 1. The highest BCUT2D eigenvalue weighted by Gasteiger charge is 2.21. The first-order valence-electron chi connectivity index (χ1n) is 7.06. The van der Waals surface area contributed by atoms with E-state index in [4.69, 9.17) is 10.5 Å². The van der Waals surface area contributed by atoms with Gasteiger partial charge in [0.05, 0.1) is 0 Å². The summed E-state index contributed by atoms with van der Waals surface area (Å²) in [6, 6.07) is 15.6. The third-order valence-corrected chi connectivity index (χ3v) is 4.75. The molecule has 0 saturated heterocycles. The second-order valence-electron chi connectivity index (χ2n) is 4.87. The van der Waals surface area contributed by atoms with Gasteiger partial charge in [-0.15, -0.1) is 0 Å². The predicted octanol–water partition coefficient (Wildman–Crippen LogP) is 2.85. The third kappa shape index (κ3) is 4.91. The molecule has 0 saturated carbocycles. The SMILES string of the molecule is NC/C=C(\F)CS(=O)(=O)c1ccccc1OCc1ccccc1. The van der Waals surface area contributed by atoms with E-state index in [2.05, 4.69) is 0 Å². The van der Waals surface area contributed by atoms with Gasteiger partial charge in [0, 0.05) is 6.54 Å². The van der Waals surface area contributed by atoms with Crippen molar-refractivity contribution in [1.82, 2.24) is 0 Å². The Morgan fingerprint density at radius 2 is 1.74 bits per heavy atom. The zero-order valence-corrected chi connectivity index (χ0v) is 13.3. The zero-order chi connectivity index (χ0) is 16.7. The van der Waals surface area contributed by atoms with Gasteiger partial charge in [-0.25, -0.2) is 12.8 Å². The van der Waals surface area contributed by atoms with E-state index in [1.54, 1.807) is 18.2 Å². The lowest BCUT2D eigenvalue weighted by Crippen LogP contribution is -2.10. The summed E-state index contributed by atoms with van der Waals surface area (Å²) in [4.78, 5) is -0.0310. The minimum Gasteiger partial charge on any atom is -0.488 e. The van der Waals surface area contributed by atoms with Crippen LogP contribution in [0.2, 0.25) is 0 Å². The average molecular weight is 335 g/mol. The minimum absolute atomic E-state index is 0.0310. The Morgan fingerprint density at radius 1 is 1.09 bits per heavy atom. The maximum atomic E-state index is 13.5. The molecule has 0 fully saturated rings. The summed E-state index contributed by atoms with van der Waals surface area (Å²) in [5.74, 6) is -1.29. The second kappa shape index (κ2) is 7.89. The standard InChI is InChI=1S/C17H18FNO3S/c18-15(10-11-19)13-23(20,21)17-9-5-4-8-16(17)22-12-14-6-2-1-3-7-14/h1-10H,11-13,19H2/b15-10-. The van der Waals surface area contributed by atoms with Gasteiger partial charge >= 0.3 is 0 Å². The van der Waals surface area contributed by atoms with Crippen molar-refractivity contribution in [3.63, 3.8) is 0 Å². The summed E-state index contributed by atoms with van der Waals surface area (Å²) in [6.07, 6.45) is 1.05. The van der Waals surface area contributed by atoms with E-state index in [-0.39, 0.29) is 23.8 Å². The molecule has 0 aliphatic heterocycles. The van der Waals surface area contributed by atoms with E-state index in [1.165, 1.54) is 6.07 Å². The Bertz CT molecular complexity index is 773. The molecule has 2 aromatic carbocycles. The molecular formula is C17H18FNO3S. The molecule has 23 heavy (non-hydrogen) atoms. The summed E-state index contributed by atoms with van der Waals surface area (Å²) in [7, 11) is -3.84. The van der Waals surface area contributed by atoms with Crippen molar-refractivity contribution in [3.05, 3.63) is 72.1 Å². The van der Waals surface area contributed by atoms with Gasteiger partial charge in [0.15, 0.2) is 9.84 Å². The molecule has 2 aromatic rings. The van der Waals surface area contributed by atoms with Crippen LogP contribution < -0.4 is 10.5 Å². The van der Waals surface area contributed by atoms with Crippen molar-refractivity contribution < 1.29 is 17.5 Å². The molecule has 0 aromatic heterocycles. The fraction of sp³-hybridized carbons (Fsp3) is 0.176. The fourth-order valence-corrected chi connectivity index (χ4v) is 3.36. The Balaban J connectivity index is 2.21. The molecule has 0 aliphatic carbocycles. The van der Waals surface area contributed by atoms with E-state index in [9.17, 15) is 12.8 Å². The summed E-state index contributed by atoms with van der Waals surface area (Å²) in [5.41, 5.74) is 6.10. The van der Waals surface area contributed by atoms with Gasteiger partial charge < -0.3 is 10.5 Å². The first-order chi connectivity index (χ1) is 11.0. The van der Waals surface area contributed by atoms with Crippen LogP contribution in [0.1, 0.15) is 5.56 Å². The van der Waals surface area contributed by atoms with Crippen LogP contribution in [0.5, 0.6) is 5.75 Å². The highest BCUT2D eigenvalue weighted by molar-refractivity contribution is 7.91. The topological polar surface area (TPSA) is 69.4 Å². The van der Waals surface area contributed by atoms with Crippen molar-refractivity contribution in [2.75, 3.05) is 12.3 Å². The van der Waals surface area contributed by atoms with Gasteiger partial charge in [-0.05, 0) is 23.8 Å². The number of nitrogens with two attached hydrogens (primary N) is 1. The van der Waals surface area contributed by atoms with Gasteiger partial charge in [0.2, 0.25) is 0 Å². The van der Waals surface area contributed by atoms with Crippen LogP contribution in [0, 0.1) is 0 Å². The molecule has 6 heteroatoms. The number of halogens is 1. The molecular weight excluding hydrogens is 317 g/mol. The Morgan fingerprint density at radius 3 is 2.43 bits per heavy atom. The maximum absolute atomic E-state index is 13.5.